The summed E-state index contributed by atoms with van der Waals surface area (Å²) >= 11 is 3.70. The number of hydrogen-bond acceptors (Lipinski definition) is 4. The lowest BCUT2D eigenvalue weighted by molar-refractivity contribution is -0.109. The fourth-order valence-corrected chi connectivity index (χ4v) is 4.36. The highest BCUT2D eigenvalue weighted by atomic mass is 32.2. The Bertz CT molecular complexity index is 655. The highest BCUT2D eigenvalue weighted by Crippen LogP contribution is 2.34. The zero-order chi connectivity index (χ0) is 19.4. The number of amides is 1. The molecule has 0 aliphatic carbocycles. The molecule has 1 amide bonds. The Labute approximate surface area is 166 Å². The number of hydrogen-bond donors (Lipinski definition) is 2. The lowest BCUT2D eigenvalue weighted by atomic mass is 9.93. The van der Waals surface area contributed by atoms with Crippen LogP contribution < -0.4 is 5.32 Å². The second-order valence-corrected chi connectivity index (χ2v) is 8.10. The van der Waals surface area contributed by atoms with Crippen LogP contribution >= 0.6 is 23.1 Å². The molecule has 1 unspecified atom stereocenters. The molecule has 0 aliphatic heterocycles. The third kappa shape index (κ3) is 7.04. The summed E-state index contributed by atoms with van der Waals surface area (Å²) in [5.74, 6) is 2.81. The van der Waals surface area contributed by atoms with Gasteiger partial charge >= 0.3 is 0 Å². The zero-order valence-electron chi connectivity index (χ0n) is 16.2. The molecule has 0 saturated heterocycles. The van der Waals surface area contributed by atoms with Gasteiger partial charge in [0.05, 0.1) is 0 Å². The molecule has 2 rings (SSSR count). The minimum absolute atomic E-state index is 0.270. The summed E-state index contributed by atoms with van der Waals surface area (Å²) in [4.78, 5) is 11.6. The van der Waals surface area contributed by atoms with E-state index in [0.717, 1.165) is 41.9 Å². The normalized spacial score (nSPS) is 11.4. The number of thioether (sulfide) groups is 1. The van der Waals surface area contributed by atoms with E-state index in [0.29, 0.717) is 12.3 Å². The van der Waals surface area contributed by atoms with Crippen LogP contribution in [-0.2, 0) is 10.5 Å². The first-order valence-electron chi connectivity index (χ1n) is 9.31. The van der Waals surface area contributed by atoms with Crippen molar-refractivity contribution in [3.63, 3.8) is 0 Å². The van der Waals surface area contributed by atoms with Crippen LogP contribution in [0.3, 0.4) is 0 Å². The molecule has 0 aliphatic rings. The number of nitrogens with one attached hydrogen (secondary N) is 1. The lowest BCUT2D eigenvalue weighted by Crippen LogP contribution is -2.12. The fraction of sp³-hybridized carbons (Fsp3) is 0.476. The summed E-state index contributed by atoms with van der Waals surface area (Å²) in [5.41, 5.74) is 3.22. The standard InChI is InChI=1S/C19H25NO2S2.C2H6/c1-3-23-12-17-9-16(11-24-17)15-6-7-18(19(22)10-15)14(2)5-4-8-20-13-21;1-2/h6-7,9-11,13-14,22H,3-5,8,12H2,1-2H3,(H,20,21);1-2H3. The summed E-state index contributed by atoms with van der Waals surface area (Å²) in [6.07, 6.45) is 2.57. The number of aromatic hydroxyl groups is 1. The van der Waals surface area contributed by atoms with Gasteiger partial charge in [0.2, 0.25) is 6.41 Å². The van der Waals surface area contributed by atoms with Crippen molar-refractivity contribution in [1.29, 1.82) is 0 Å². The molecule has 2 N–H and O–H groups in total. The molecule has 5 heteroatoms. The highest BCUT2D eigenvalue weighted by Gasteiger charge is 2.12. The van der Waals surface area contributed by atoms with E-state index in [1.165, 1.54) is 10.4 Å². The van der Waals surface area contributed by atoms with Crippen molar-refractivity contribution in [2.75, 3.05) is 12.3 Å². The summed E-state index contributed by atoms with van der Waals surface area (Å²) < 4.78 is 0. The predicted molar refractivity (Wildman–Crippen MR) is 116 cm³/mol. The van der Waals surface area contributed by atoms with Crippen molar-refractivity contribution in [2.24, 2.45) is 0 Å². The van der Waals surface area contributed by atoms with Gasteiger partial charge in [0.1, 0.15) is 5.75 Å². The van der Waals surface area contributed by atoms with Crippen LogP contribution in [0.15, 0.2) is 29.6 Å². The first-order valence-corrected chi connectivity index (χ1v) is 11.3. The number of carbonyl (C=O) groups is 1. The number of phenols is 1. The van der Waals surface area contributed by atoms with Crippen LogP contribution in [0.5, 0.6) is 5.75 Å². The second kappa shape index (κ2) is 12.8. The van der Waals surface area contributed by atoms with Crippen LogP contribution in [0.1, 0.15) is 56.9 Å². The number of carbonyl (C=O) groups excluding carboxylic acids is 1. The predicted octanol–water partition coefficient (Wildman–Crippen LogP) is 6.03. The maximum absolute atomic E-state index is 10.4. The van der Waals surface area contributed by atoms with Crippen LogP contribution in [-0.4, -0.2) is 23.8 Å². The minimum atomic E-state index is 0.270. The summed E-state index contributed by atoms with van der Waals surface area (Å²) in [6.45, 7) is 8.96. The largest absolute Gasteiger partial charge is 0.508 e. The van der Waals surface area contributed by atoms with Gasteiger partial charge in [-0.1, -0.05) is 39.8 Å². The number of rotatable bonds is 10. The minimum Gasteiger partial charge on any atom is -0.508 e. The molecule has 26 heavy (non-hydrogen) atoms. The maximum Gasteiger partial charge on any atom is 0.207 e. The van der Waals surface area contributed by atoms with Gasteiger partial charge in [-0.05, 0) is 58.7 Å². The monoisotopic (exact) mass is 393 g/mol. The van der Waals surface area contributed by atoms with Crippen LogP contribution in [0.2, 0.25) is 0 Å². The Morgan fingerprint density at radius 3 is 2.69 bits per heavy atom. The van der Waals surface area contributed by atoms with E-state index in [4.69, 9.17) is 0 Å². The highest BCUT2D eigenvalue weighted by molar-refractivity contribution is 7.98. The van der Waals surface area contributed by atoms with Crippen molar-refractivity contribution < 1.29 is 9.90 Å². The van der Waals surface area contributed by atoms with Gasteiger partial charge in [0, 0.05) is 17.2 Å². The molecule has 1 aromatic carbocycles. The maximum atomic E-state index is 10.4. The molecular weight excluding hydrogens is 362 g/mol. The first kappa shape index (κ1) is 22.6. The molecule has 3 nitrogen and oxygen atoms in total. The Morgan fingerprint density at radius 1 is 1.27 bits per heavy atom. The first-order chi connectivity index (χ1) is 12.7. The number of benzene rings is 1. The van der Waals surface area contributed by atoms with E-state index < -0.39 is 0 Å². The van der Waals surface area contributed by atoms with Crippen molar-refractivity contribution in [3.05, 3.63) is 40.1 Å². The van der Waals surface area contributed by atoms with Gasteiger partial charge in [-0.3, -0.25) is 4.79 Å². The quantitative estimate of drug-likeness (QED) is 0.383. The SMILES string of the molecule is CC.CCSCc1cc(-c2ccc(C(C)CCCNC=O)c(O)c2)cs1. The van der Waals surface area contributed by atoms with Crippen LogP contribution in [0.4, 0.5) is 0 Å². The topological polar surface area (TPSA) is 49.3 Å². The van der Waals surface area contributed by atoms with E-state index in [2.05, 4.69) is 36.7 Å². The molecule has 1 heterocycles. The van der Waals surface area contributed by atoms with Gasteiger partial charge in [-0.2, -0.15) is 11.8 Å². The molecule has 0 spiro atoms. The molecule has 0 fully saturated rings. The molecule has 144 valence electrons. The Hall–Kier alpha value is -1.46. The summed E-state index contributed by atoms with van der Waals surface area (Å²) in [5, 5.41) is 15.2. The average Bonchev–Trinajstić information content (AvgIpc) is 3.14. The van der Waals surface area contributed by atoms with E-state index in [-0.39, 0.29) is 5.92 Å². The van der Waals surface area contributed by atoms with Crippen molar-refractivity contribution in [2.45, 2.75) is 52.2 Å². The molecule has 1 aromatic heterocycles. The van der Waals surface area contributed by atoms with E-state index in [1.807, 2.05) is 37.7 Å². The third-order valence-electron chi connectivity index (χ3n) is 4.04. The number of phenolic OH excluding ortho intramolecular Hbond substituents is 1. The van der Waals surface area contributed by atoms with Gasteiger partial charge in [0.25, 0.3) is 0 Å². The lowest BCUT2D eigenvalue weighted by Gasteiger charge is -2.14. The summed E-state index contributed by atoms with van der Waals surface area (Å²) in [7, 11) is 0. The third-order valence-corrected chi connectivity index (χ3v) is 6.08. The molecule has 0 radical (unpaired) electrons. The van der Waals surface area contributed by atoms with E-state index >= 15 is 0 Å². The molecule has 0 bridgehead atoms. The van der Waals surface area contributed by atoms with Gasteiger partial charge in [-0.25, -0.2) is 0 Å². The van der Waals surface area contributed by atoms with Gasteiger partial charge < -0.3 is 10.4 Å². The van der Waals surface area contributed by atoms with Gasteiger partial charge in [0.15, 0.2) is 0 Å². The smallest absolute Gasteiger partial charge is 0.207 e. The van der Waals surface area contributed by atoms with Crippen molar-refractivity contribution in [1.82, 2.24) is 5.32 Å². The zero-order valence-corrected chi connectivity index (χ0v) is 17.9. The second-order valence-electron chi connectivity index (χ2n) is 5.83. The Morgan fingerprint density at radius 2 is 2.04 bits per heavy atom. The summed E-state index contributed by atoms with van der Waals surface area (Å²) in [6, 6.07) is 8.21. The molecule has 2 aromatic rings. The number of thiophene rings is 1. The van der Waals surface area contributed by atoms with Crippen molar-refractivity contribution in [3.8, 4) is 16.9 Å². The Balaban J connectivity index is 0.00000163. The van der Waals surface area contributed by atoms with Gasteiger partial charge in [-0.15, -0.1) is 11.3 Å². The van der Waals surface area contributed by atoms with Crippen LogP contribution in [0, 0.1) is 0 Å². The van der Waals surface area contributed by atoms with E-state index in [9.17, 15) is 9.90 Å². The van der Waals surface area contributed by atoms with Crippen molar-refractivity contribution >= 4 is 29.5 Å². The Kier molecular flexibility index (Phi) is 11.1. The molecular formula is C21H31NO2S2. The molecule has 1 atom stereocenters. The van der Waals surface area contributed by atoms with Crippen LogP contribution in [0.25, 0.3) is 11.1 Å². The molecule has 0 saturated carbocycles. The average molecular weight is 394 g/mol. The van der Waals surface area contributed by atoms with E-state index in [1.54, 1.807) is 11.3 Å². The fourth-order valence-electron chi connectivity index (χ4n) is 2.68.